The van der Waals surface area contributed by atoms with Crippen LogP contribution in [0.5, 0.6) is 5.75 Å². The van der Waals surface area contributed by atoms with E-state index < -0.39 is 0 Å². The van der Waals surface area contributed by atoms with Gasteiger partial charge in [0.2, 0.25) is 0 Å². The quantitative estimate of drug-likeness (QED) is 0.692. The van der Waals surface area contributed by atoms with E-state index in [0.29, 0.717) is 6.61 Å². The number of hydrogen-bond acceptors (Lipinski definition) is 2. The Morgan fingerprint density at radius 2 is 1.78 bits per heavy atom. The van der Waals surface area contributed by atoms with E-state index in [1.807, 2.05) is 12.1 Å². The van der Waals surface area contributed by atoms with E-state index in [0.717, 1.165) is 36.7 Å². The molecular weight excluding hydrogens is 306 g/mol. The molecule has 0 aromatic heterocycles. The molecule has 0 bridgehead atoms. The molecule has 1 saturated heterocycles. The molecule has 2 aromatic carbocycles. The summed E-state index contributed by atoms with van der Waals surface area (Å²) >= 11 is 6.19. The van der Waals surface area contributed by atoms with Crippen LogP contribution in [-0.2, 0) is 6.61 Å². The van der Waals surface area contributed by atoms with Gasteiger partial charge in [-0.1, -0.05) is 41.4 Å². The molecule has 0 amide bonds. The molecule has 2 nitrogen and oxygen atoms in total. The van der Waals surface area contributed by atoms with Gasteiger partial charge in [-0.25, -0.2) is 0 Å². The number of likely N-dealkylation sites (tertiary alicyclic amines) is 1. The van der Waals surface area contributed by atoms with Crippen molar-refractivity contribution < 1.29 is 4.74 Å². The molecule has 118 valence electrons. The summed E-state index contributed by atoms with van der Waals surface area (Å²) < 4.78 is 6.07. The van der Waals surface area contributed by atoms with Crippen LogP contribution in [0.15, 0.2) is 48.0 Å². The molecule has 1 fully saturated rings. The lowest BCUT2D eigenvalue weighted by atomic mass is 9.86. The van der Waals surface area contributed by atoms with Gasteiger partial charge in [-0.2, -0.15) is 0 Å². The molecule has 2 heterocycles. The minimum Gasteiger partial charge on any atom is -0.488 e. The van der Waals surface area contributed by atoms with Gasteiger partial charge in [-0.05, 0) is 54.8 Å². The van der Waals surface area contributed by atoms with Gasteiger partial charge < -0.3 is 9.64 Å². The van der Waals surface area contributed by atoms with Crippen molar-refractivity contribution in [3.05, 3.63) is 69.8 Å². The van der Waals surface area contributed by atoms with Gasteiger partial charge >= 0.3 is 0 Å². The largest absolute Gasteiger partial charge is 0.488 e. The van der Waals surface area contributed by atoms with E-state index in [4.69, 9.17) is 16.3 Å². The first-order valence-electron chi connectivity index (χ1n) is 8.14. The standard InChI is InChI=1S/C20H20ClNO/c1-22-10-8-14(9-11-22)20-17-5-3-2-4-15(17)13-23-19-12-16(21)6-7-18(19)20/h2-7,12H,8-11,13H2,1H3. The molecule has 0 aliphatic carbocycles. The zero-order valence-electron chi connectivity index (χ0n) is 13.3. The Kier molecular flexibility index (Phi) is 3.88. The Labute approximate surface area is 142 Å². The normalized spacial score (nSPS) is 18.0. The smallest absolute Gasteiger partial charge is 0.129 e. The van der Waals surface area contributed by atoms with Crippen LogP contribution >= 0.6 is 11.6 Å². The third kappa shape index (κ3) is 2.77. The van der Waals surface area contributed by atoms with Gasteiger partial charge in [0.05, 0.1) is 0 Å². The number of rotatable bonds is 0. The van der Waals surface area contributed by atoms with E-state index >= 15 is 0 Å². The van der Waals surface area contributed by atoms with E-state index in [1.165, 1.54) is 27.8 Å². The minimum absolute atomic E-state index is 0.597. The van der Waals surface area contributed by atoms with Crippen LogP contribution in [0.1, 0.15) is 29.5 Å². The highest BCUT2D eigenvalue weighted by molar-refractivity contribution is 6.30. The SMILES string of the molecule is CN1CCC(=C2c3ccccc3COc3cc(Cl)ccc32)CC1. The number of benzene rings is 2. The third-order valence-electron chi connectivity index (χ3n) is 4.83. The average molecular weight is 326 g/mol. The second kappa shape index (κ2) is 6.03. The van der Waals surface area contributed by atoms with Crippen molar-refractivity contribution in [3.63, 3.8) is 0 Å². The van der Waals surface area contributed by atoms with Gasteiger partial charge in [-0.3, -0.25) is 0 Å². The van der Waals surface area contributed by atoms with Crippen molar-refractivity contribution in [2.24, 2.45) is 0 Å². The average Bonchev–Trinajstić information content (AvgIpc) is 2.72. The lowest BCUT2D eigenvalue weighted by Crippen LogP contribution is -2.27. The molecule has 0 radical (unpaired) electrons. The first-order chi connectivity index (χ1) is 11.2. The maximum absolute atomic E-state index is 6.19. The molecular formula is C20H20ClNO. The molecule has 0 atom stereocenters. The molecule has 0 N–H and O–H groups in total. The van der Waals surface area contributed by atoms with Crippen molar-refractivity contribution in [1.29, 1.82) is 0 Å². The number of hydrogen-bond donors (Lipinski definition) is 0. The van der Waals surface area contributed by atoms with Crippen LogP contribution in [0.2, 0.25) is 5.02 Å². The number of ether oxygens (including phenoxy) is 1. The lowest BCUT2D eigenvalue weighted by Gasteiger charge is -2.27. The fourth-order valence-electron chi connectivity index (χ4n) is 3.53. The van der Waals surface area contributed by atoms with Crippen molar-refractivity contribution >= 4 is 17.2 Å². The summed E-state index contributed by atoms with van der Waals surface area (Å²) in [6.45, 7) is 2.83. The van der Waals surface area contributed by atoms with Gasteiger partial charge in [0.1, 0.15) is 12.4 Å². The van der Waals surface area contributed by atoms with Crippen molar-refractivity contribution in [1.82, 2.24) is 4.90 Å². The lowest BCUT2D eigenvalue weighted by molar-refractivity contribution is 0.307. The number of fused-ring (bicyclic) bond motifs is 2. The highest BCUT2D eigenvalue weighted by Crippen LogP contribution is 2.41. The summed E-state index contributed by atoms with van der Waals surface area (Å²) in [5.74, 6) is 0.898. The molecule has 3 heteroatoms. The second-order valence-electron chi connectivity index (χ2n) is 6.37. The van der Waals surface area contributed by atoms with E-state index in [1.54, 1.807) is 0 Å². The van der Waals surface area contributed by atoms with Crippen LogP contribution in [0.25, 0.3) is 5.57 Å². The van der Waals surface area contributed by atoms with Gasteiger partial charge in [-0.15, -0.1) is 0 Å². The maximum Gasteiger partial charge on any atom is 0.129 e. The highest BCUT2D eigenvalue weighted by atomic mass is 35.5. The monoisotopic (exact) mass is 325 g/mol. The molecule has 2 aliphatic heterocycles. The van der Waals surface area contributed by atoms with E-state index in [-0.39, 0.29) is 0 Å². The predicted molar refractivity (Wildman–Crippen MR) is 95.0 cm³/mol. The molecule has 0 spiro atoms. The fraction of sp³-hybridized carbons (Fsp3) is 0.300. The zero-order valence-corrected chi connectivity index (χ0v) is 14.1. The molecule has 0 unspecified atom stereocenters. The second-order valence-corrected chi connectivity index (χ2v) is 6.80. The van der Waals surface area contributed by atoms with E-state index in [9.17, 15) is 0 Å². The minimum atomic E-state index is 0.597. The Morgan fingerprint density at radius 1 is 1.00 bits per heavy atom. The van der Waals surface area contributed by atoms with Crippen LogP contribution in [0.4, 0.5) is 0 Å². The van der Waals surface area contributed by atoms with Gasteiger partial charge in [0.15, 0.2) is 0 Å². The van der Waals surface area contributed by atoms with Crippen LogP contribution in [0, 0.1) is 0 Å². The Morgan fingerprint density at radius 3 is 2.61 bits per heavy atom. The van der Waals surface area contributed by atoms with Gasteiger partial charge in [0, 0.05) is 23.7 Å². The summed E-state index contributed by atoms with van der Waals surface area (Å²) in [4.78, 5) is 2.39. The molecule has 4 rings (SSSR count). The molecule has 2 aliphatic rings. The highest BCUT2D eigenvalue weighted by Gasteiger charge is 2.24. The van der Waals surface area contributed by atoms with Crippen molar-refractivity contribution in [3.8, 4) is 5.75 Å². The summed E-state index contributed by atoms with van der Waals surface area (Å²) in [5.41, 5.74) is 6.63. The fourth-order valence-corrected chi connectivity index (χ4v) is 3.69. The summed E-state index contributed by atoms with van der Waals surface area (Å²) in [6.07, 6.45) is 2.23. The Hall–Kier alpha value is -1.77. The number of piperidine rings is 1. The maximum atomic E-state index is 6.19. The van der Waals surface area contributed by atoms with Crippen molar-refractivity contribution in [2.75, 3.05) is 20.1 Å². The Bertz CT molecular complexity index is 771. The van der Waals surface area contributed by atoms with Crippen LogP contribution < -0.4 is 4.74 Å². The first-order valence-corrected chi connectivity index (χ1v) is 8.52. The summed E-state index contributed by atoms with van der Waals surface area (Å²) in [6, 6.07) is 14.6. The topological polar surface area (TPSA) is 12.5 Å². The predicted octanol–water partition coefficient (Wildman–Crippen LogP) is 4.76. The van der Waals surface area contributed by atoms with Crippen molar-refractivity contribution in [2.45, 2.75) is 19.4 Å². The first kappa shape index (κ1) is 14.8. The number of nitrogens with zero attached hydrogens (tertiary/aromatic N) is 1. The molecule has 0 saturated carbocycles. The van der Waals surface area contributed by atoms with Crippen LogP contribution in [0.3, 0.4) is 0 Å². The summed E-state index contributed by atoms with van der Waals surface area (Å²) in [7, 11) is 2.19. The Balaban J connectivity index is 1.94. The van der Waals surface area contributed by atoms with E-state index in [2.05, 4.69) is 42.3 Å². The molecule has 2 aromatic rings. The van der Waals surface area contributed by atoms with Crippen LogP contribution in [-0.4, -0.2) is 25.0 Å². The molecule has 23 heavy (non-hydrogen) atoms. The van der Waals surface area contributed by atoms with Gasteiger partial charge in [0.25, 0.3) is 0 Å². The zero-order chi connectivity index (χ0) is 15.8. The third-order valence-corrected chi connectivity index (χ3v) is 5.06. The summed E-state index contributed by atoms with van der Waals surface area (Å²) in [5, 5.41) is 0.724. The number of halogens is 1.